The van der Waals surface area contributed by atoms with E-state index in [1.54, 1.807) is 11.3 Å². The lowest BCUT2D eigenvalue weighted by molar-refractivity contribution is 0.0240. The highest BCUT2D eigenvalue weighted by atomic mass is 32.1. The largest absolute Gasteiger partial charge is 0.381 e. The van der Waals surface area contributed by atoms with E-state index in [0.717, 1.165) is 44.8 Å². The van der Waals surface area contributed by atoms with Gasteiger partial charge in [-0.2, -0.15) is 0 Å². The minimum atomic E-state index is 0.411. The third kappa shape index (κ3) is 3.26. The number of nitrogens with zero attached hydrogens (tertiary/aromatic N) is 1. The lowest BCUT2D eigenvalue weighted by Gasteiger charge is -2.33. The second kappa shape index (κ2) is 5.05. The number of thiazole rings is 1. The topological polar surface area (TPSA) is 34.2 Å². The van der Waals surface area contributed by atoms with Crippen molar-refractivity contribution in [1.82, 2.24) is 10.3 Å². The predicted molar refractivity (Wildman–Crippen MR) is 62.0 cm³/mol. The summed E-state index contributed by atoms with van der Waals surface area (Å²) < 4.78 is 5.38. The Labute approximate surface area is 94.9 Å². The molecule has 1 saturated heterocycles. The molecule has 1 aromatic rings. The lowest BCUT2D eigenvalue weighted by Crippen LogP contribution is -2.36. The van der Waals surface area contributed by atoms with Crippen LogP contribution in [0.25, 0.3) is 0 Å². The minimum Gasteiger partial charge on any atom is -0.381 e. The first-order valence-corrected chi connectivity index (χ1v) is 6.38. The quantitative estimate of drug-likeness (QED) is 0.853. The molecule has 4 heteroatoms. The summed E-state index contributed by atoms with van der Waals surface area (Å²) in [5.74, 6) is 0. The Morgan fingerprint density at radius 1 is 1.53 bits per heavy atom. The molecular formula is C11H18N2OS. The van der Waals surface area contributed by atoms with Gasteiger partial charge in [-0.3, -0.25) is 0 Å². The summed E-state index contributed by atoms with van der Waals surface area (Å²) in [6, 6.07) is 0. The summed E-state index contributed by atoms with van der Waals surface area (Å²) in [7, 11) is 0. The van der Waals surface area contributed by atoms with Crippen LogP contribution in [0.5, 0.6) is 0 Å². The predicted octanol–water partition coefficient (Wildman–Crippen LogP) is 2.05. The number of hydrogen-bond donors (Lipinski definition) is 1. The number of aromatic nitrogens is 1. The van der Waals surface area contributed by atoms with Crippen molar-refractivity contribution in [3.8, 4) is 0 Å². The molecule has 1 aromatic heterocycles. The zero-order chi connectivity index (χ0) is 10.6. The molecule has 84 valence electrons. The smallest absolute Gasteiger partial charge is 0.0795 e. The normalized spacial score (nSPS) is 20.3. The molecule has 0 saturated carbocycles. The van der Waals surface area contributed by atoms with Crippen LogP contribution in [0.2, 0.25) is 0 Å². The van der Waals surface area contributed by atoms with Crippen molar-refractivity contribution in [3.63, 3.8) is 0 Å². The molecule has 1 N–H and O–H groups in total. The molecule has 3 nitrogen and oxygen atoms in total. The number of ether oxygens (including phenoxy) is 1. The summed E-state index contributed by atoms with van der Waals surface area (Å²) in [6.07, 6.45) is 2.33. The van der Waals surface area contributed by atoms with Gasteiger partial charge >= 0.3 is 0 Å². The molecule has 2 rings (SSSR count). The summed E-state index contributed by atoms with van der Waals surface area (Å²) in [5, 5.41) is 5.58. The Morgan fingerprint density at radius 2 is 2.33 bits per heavy atom. The van der Waals surface area contributed by atoms with E-state index in [-0.39, 0.29) is 0 Å². The first-order chi connectivity index (χ1) is 7.29. The van der Waals surface area contributed by atoms with Gasteiger partial charge in [-0.1, -0.05) is 6.92 Å². The zero-order valence-electron chi connectivity index (χ0n) is 9.16. The Bertz CT molecular complexity index is 281. The Balaban J connectivity index is 1.72. The fourth-order valence-corrected chi connectivity index (χ4v) is 2.42. The molecule has 0 radical (unpaired) electrons. The van der Waals surface area contributed by atoms with Crippen LogP contribution in [0.4, 0.5) is 0 Å². The molecule has 1 aliphatic heterocycles. The molecule has 0 aliphatic carbocycles. The van der Waals surface area contributed by atoms with Crippen molar-refractivity contribution >= 4 is 11.3 Å². The van der Waals surface area contributed by atoms with Gasteiger partial charge in [0.25, 0.3) is 0 Å². The Morgan fingerprint density at radius 3 is 3.00 bits per heavy atom. The molecule has 2 heterocycles. The molecule has 15 heavy (non-hydrogen) atoms. The van der Waals surface area contributed by atoms with Gasteiger partial charge < -0.3 is 10.1 Å². The van der Waals surface area contributed by atoms with E-state index in [2.05, 4.69) is 22.6 Å². The molecule has 0 aromatic carbocycles. The number of nitrogens with one attached hydrogen (secondary N) is 1. The third-order valence-corrected chi connectivity index (χ3v) is 3.68. The van der Waals surface area contributed by atoms with E-state index in [1.165, 1.54) is 0 Å². The van der Waals surface area contributed by atoms with E-state index in [4.69, 9.17) is 4.74 Å². The maximum absolute atomic E-state index is 5.38. The maximum atomic E-state index is 5.38. The number of rotatable bonds is 4. The lowest BCUT2D eigenvalue weighted by atomic mass is 9.82. The fourth-order valence-electron chi connectivity index (χ4n) is 1.86. The summed E-state index contributed by atoms with van der Waals surface area (Å²) in [4.78, 5) is 4.25. The van der Waals surface area contributed by atoms with Crippen molar-refractivity contribution in [2.45, 2.75) is 26.3 Å². The molecular weight excluding hydrogens is 208 g/mol. The van der Waals surface area contributed by atoms with E-state index in [1.807, 2.05) is 5.51 Å². The van der Waals surface area contributed by atoms with E-state index >= 15 is 0 Å². The molecule has 0 unspecified atom stereocenters. The molecule has 0 bridgehead atoms. The van der Waals surface area contributed by atoms with Gasteiger partial charge in [-0.25, -0.2) is 4.98 Å². The summed E-state index contributed by atoms with van der Waals surface area (Å²) in [5.41, 5.74) is 3.44. The second-order valence-corrected chi connectivity index (χ2v) is 5.23. The van der Waals surface area contributed by atoms with Gasteiger partial charge in [-0.05, 0) is 18.3 Å². The Hall–Kier alpha value is -0.450. The van der Waals surface area contributed by atoms with Crippen LogP contribution in [-0.4, -0.2) is 24.7 Å². The molecule has 0 atom stereocenters. The van der Waals surface area contributed by atoms with E-state index < -0.39 is 0 Å². The molecule has 0 amide bonds. The second-order valence-electron chi connectivity index (χ2n) is 4.51. The Kier molecular flexibility index (Phi) is 3.72. The van der Waals surface area contributed by atoms with Crippen LogP contribution < -0.4 is 5.32 Å². The van der Waals surface area contributed by atoms with Crippen LogP contribution in [0.15, 0.2) is 10.9 Å². The van der Waals surface area contributed by atoms with Crippen LogP contribution in [0.1, 0.15) is 25.5 Å². The van der Waals surface area contributed by atoms with Crippen LogP contribution in [0.3, 0.4) is 0 Å². The van der Waals surface area contributed by atoms with Crippen molar-refractivity contribution < 1.29 is 4.74 Å². The van der Waals surface area contributed by atoms with Crippen LogP contribution in [-0.2, 0) is 11.3 Å². The van der Waals surface area contributed by atoms with Crippen molar-refractivity contribution in [2.24, 2.45) is 5.41 Å². The van der Waals surface area contributed by atoms with Gasteiger partial charge in [0.2, 0.25) is 0 Å². The van der Waals surface area contributed by atoms with E-state index in [9.17, 15) is 0 Å². The average molecular weight is 226 g/mol. The van der Waals surface area contributed by atoms with Gasteiger partial charge in [-0.15, -0.1) is 11.3 Å². The SMILES string of the molecule is CC1(CNCc2cscn2)CCOCC1. The van der Waals surface area contributed by atoms with Crippen molar-refractivity contribution in [2.75, 3.05) is 19.8 Å². The van der Waals surface area contributed by atoms with Gasteiger partial charge in [0, 0.05) is 31.7 Å². The van der Waals surface area contributed by atoms with Crippen LogP contribution >= 0.6 is 11.3 Å². The molecule has 1 fully saturated rings. The van der Waals surface area contributed by atoms with Crippen molar-refractivity contribution in [3.05, 3.63) is 16.6 Å². The molecule has 0 spiro atoms. The highest BCUT2D eigenvalue weighted by molar-refractivity contribution is 7.07. The van der Waals surface area contributed by atoms with Gasteiger partial charge in [0.1, 0.15) is 0 Å². The summed E-state index contributed by atoms with van der Waals surface area (Å²) >= 11 is 1.65. The van der Waals surface area contributed by atoms with Crippen LogP contribution in [0, 0.1) is 5.41 Å². The first-order valence-electron chi connectivity index (χ1n) is 5.44. The van der Waals surface area contributed by atoms with E-state index in [0.29, 0.717) is 5.41 Å². The molecule has 1 aliphatic rings. The number of hydrogen-bond acceptors (Lipinski definition) is 4. The highest BCUT2D eigenvalue weighted by Crippen LogP contribution is 2.28. The van der Waals surface area contributed by atoms with Crippen molar-refractivity contribution in [1.29, 1.82) is 0 Å². The monoisotopic (exact) mass is 226 g/mol. The third-order valence-electron chi connectivity index (χ3n) is 3.04. The zero-order valence-corrected chi connectivity index (χ0v) is 9.98. The van der Waals surface area contributed by atoms with Gasteiger partial charge in [0.05, 0.1) is 11.2 Å². The average Bonchev–Trinajstić information content (AvgIpc) is 2.71. The highest BCUT2D eigenvalue weighted by Gasteiger charge is 2.26. The maximum Gasteiger partial charge on any atom is 0.0795 e. The van der Waals surface area contributed by atoms with Gasteiger partial charge in [0.15, 0.2) is 0 Å². The summed E-state index contributed by atoms with van der Waals surface area (Å²) in [6.45, 7) is 6.11. The standard InChI is InChI=1S/C11H18N2OS/c1-11(2-4-14-5-3-11)8-12-6-10-7-15-9-13-10/h7,9,12H,2-6,8H2,1H3. The minimum absolute atomic E-state index is 0.411. The first kappa shape index (κ1) is 11.0. The fraction of sp³-hybridized carbons (Fsp3) is 0.727.